The molecule has 1 aromatic carbocycles. The highest BCUT2D eigenvalue weighted by Gasteiger charge is 2.05. The lowest BCUT2D eigenvalue weighted by Crippen LogP contribution is -2.07. The van der Waals surface area contributed by atoms with Crippen LogP contribution in [0.2, 0.25) is 0 Å². The lowest BCUT2D eigenvalue weighted by atomic mass is 10.0. The highest BCUT2D eigenvalue weighted by Crippen LogP contribution is 2.23. The summed E-state index contributed by atoms with van der Waals surface area (Å²) >= 11 is 0. The van der Waals surface area contributed by atoms with Gasteiger partial charge in [-0.15, -0.1) is 0 Å². The number of aryl methyl sites for hydroxylation is 1. The van der Waals surface area contributed by atoms with E-state index in [9.17, 15) is 0 Å². The number of rotatable bonds is 0. The Labute approximate surface area is 87.3 Å². The van der Waals surface area contributed by atoms with E-state index < -0.39 is 0 Å². The molecular weight excluding hydrogens is 184 g/mol. The normalized spacial score (nSPS) is 11.3. The van der Waals surface area contributed by atoms with Gasteiger partial charge in [-0.05, 0) is 6.92 Å². The summed E-state index contributed by atoms with van der Waals surface area (Å²) in [6.45, 7) is 5.96. The Morgan fingerprint density at radius 3 is 2.40 bits per heavy atom. The summed E-state index contributed by atoms with van der Waals surface area (Å²) in [5.74, 6) is 0. The number of aromatic nitrogens is 2. The largest absolute Gasteiger partial charge is 0.260 e. The van der Waals surface area contributed by atoms with Gasteiger partial charge in [0.1, 0.15) is 0 Å². The minimum Gasteiger partial charge on any atom is -0.260 e. The Kier molecular flexibility index (Phi) is 1.54. The van der Waals surface area contributed by atoms with Crippen molar-refractivity contribution < 1.29 is 0 Å². The molecule has 15 heavy (non-hydrogen) atoms. The van der Waals surface area contributed by atoms with Crippen LogP contribution in [0.5, 0.6) is 0 Å². The molecule has 0 saturated carbocycles. The maximum Gasteiger partial charge on any atom is 0.0655 e. The van der Waals surface area contributed by atoms with Crippen molar-refractivity contribution in [3.8, 4) is 0 Å². The molecule has 72 valence electrons. The number of benzene rings is 1. The van der Waals surface area contributed by atoms with E-state index in [2.05, 4.69) is 28.7 Å². The van der Waals surface area contributed by atoms with Crippen molar-refractivity contribution in [2.45, 2.75) is 6.92 Å². The molecule has 0 N–H and O–H groups in total. The quantitative estimate of drug-likeness (QED) is 0.548. The molecule has 0 unspecified atom stereocenters. The second kappa shape index (κ2) is 2.76. The van der Waals surface area contributed by atoms with E-state index in [4.69, 9.17) is 0 Å². The average Bonchev–Trinajstić information content (AvgIpc) is 2.25. The second-order valence-electron chi connectivity index (χ2n) is 3.73. The van der Waals surface area contributed by atoms with Crippen molar-refractivity contribution in [2.24, 2.45) is 0 Å². The highest BCUT2D eigenvalue weighted by molar-refractivity contribution is 6.09. The SMILES string of the molecule is C=c1ncc2cccc3cnc(C)c1c32. The molecule has 0 aliphatic heterocycles. The average molecular weight is 194 g/mol. The number of hydrogen-bond acceptors (Lipinski definition) is 2. The Morgan fingerprint density at radius 1 is 1.00 bits per heavy atom. The van der Waals surface area contributed by atoms with E-state index in [1.165, 1.54) is 5.39 Å². The summed E-state index contributed by atoms with van der Waals surface area (Å²) in [6.07, 6.45) is 3.78. The fourth-order valence-electron chi connectivity index (χ4n) is 2.07. The monoisotopic (exact) mass is 194 g/mol. The van der Waals surface area contributed by atoms with Crippen LogP contribution in [0.4, 0.5) is 0 Å². The molecule has 3 rings (SSSR count). The molecule has 0 spiro atoms. The Morgan fingerprint density at radius 2 is 1.67 bits per heavy atom. The lowest BCUT2D eigenvalue weighted by molar-refractivity contribution is 1.22. The van der Waals surface area contributed by atoms with Gasteiger partial charge in [0.05, 0.1) is 5.35 Å². The van der Waals surface area contributed by atoms with Crippen LogP contribution in [0.15, 0.2) is 30.6 Å². The molecule has 0 aliphatic carbocycles. The van der Waals surface area contributed by atoms with E-state index in [1.807, 2.05) is 25.4 Å². The molecule has 2 nitrogen and oxygen atoms in total. The van der Waals surface area contributed by atoms with Crippen LogP contribution in [0.25, 0.3) is 28.1 Å². The molecule has 0 bridgehead atoms. The predicted octanol–water partition coefficient (Wildman–Crippen LogP) is 2.22. The topological polar surface area (TPSA) is 25.8 Å². The molecule has 0 fully saturated rings. The van der Waals surface area contributed by atoms with Crippen molar-refractivity contribution in [1.29, 1.82) is 0 Å². The zero-order valence-corrected chi connectivity index (χ0v) is 8.49. The zero-order valence-electron chi connectivity index (χ0n) is 8.49. The van der Waals surface area contributed by atoms with Gasteiger partial charge in [-0.2, -0.15) is 0 Å². The standard InChI is InChI=1S/C13H10N2/c1-8-12-9(2)15-7-11-5-3-4-10(6-14-8)13(11)12/h3-7H,1H2,2H3. The van der Waals surface area contributed by atoms with Crippen LogP contribution >= 0.6 is 0 Å². The summed E-state index contributed by atoms with van der Waals surface area (Å²) in [6, 6.07) is 6.17. The summed E-state index contributed by atoms with van der Waals surface area (Å²) in [5.41, 5.74) is 0.997. The summed E-state index contributed by atoms with van der Waals surface area (Å²) in [7, 11) is 0. The minimum atomic E-state index is 0.810. The lowest BCUT2D eigenvalue weighted by Gasteiger charge is -2.06. The van der Waals surface area contributed by atoms with Crippen molar-refractivity contribution in [3.05, 3.63) is 41.6 Å². The third kappa shape index (κ3) is 1.05. The van der Waals surface area contributed by atoms with Gasteiger partial charge < -0.3 is 0 Å². The molecule has 0 aliphatic rings. The Hall–Kier alpha value is -1.96. The third-order valence-corrected chi connectivity index (χ3v) is 2.79. The van der Waals surface area contributed by atoms with Gasteiger partial charge in [0.15, 0.2) is 0 Å². The fraction of sp³-hybridized carbons (Fsp3) is 0.0769. The Balaban J connectivity index is 2.79. The van der Waals surface area contributed by atoms with Crippen LogP contribution in [0, 0.1) is 6.92 Å². The predicted molar refractivity (Wildman–Crippen MR) is 62.5 cm³/mol. The molecule has 0 radical (unpaired) electrons. The molecule has 2 heterocycles. The van der Waals surface area contributed by atoms with Gasteiger partial charge in [-0.1, -0.05) is 24.8 Å². The first-order chi connectivity index (χ1) is 7.27. The number of nitrogens with zero attached hydrogens (tertiary/aromatic N) is 2. The zero-order chi connectivity index (χ0) is 10.4. The van der Waals surface area contributed by atoms with E-state index >= 15 is 0 Å². The molecule has 0 amide bonds. The van der Waals surface area contributed by atoms with Crippen molar-refractivity contribution in [3.63, 3.8) is 0 Å². The van der Waals surface area contributed by atoms with Gasteiger partial charge in [0, 0.05) is 39.6 Å². The molecule has 0 atom stereocenters. The fourth-order valence-corrected chi connectivity index (χ4v) is 2.07. The first-order valence-corrected chi connectivity index (χ1v) is 4.89. The van der Waals surface area contributed by atoms with E-state index in [0.717, 1.165) is 27.2 Å². The van der Waals surface area contributed by atoms with Gasteiger partial charge in [-0.25, -0.2) is 0 Å². The maximum absolute atomic E-state index is 4.37. The summed E-state index contributed by atoms with van der Waals surface area (Å²) < 4.78 is 0. The van der Waals surface area contributed by atoms with Gasteiger partial charge in [0.2, 0.25) is 0 Å². The first kappa shape index (κ1) is 8.36. The van der Waals surface area contributed by atoms with Crippen molar-refractivity contribution in [1.82, 2.24) is 9.97 Å². The molecular formula is C13H10N2. The van der Waals surface area contributed by atoms with Crippen LogP contribution < -0.4 is 5.35 Å². The third-order valence-electron chi connectivity index (χ3n) is 2.79. The van der Waals surface area contributed by atoms with Crippen LogP contribution in [0.3, 0.4) is 0 Å². The van der Waals surface area contributed by atoms with Crippen LogP contribution in [-0.4, -0.2) is 9.97 Å². The van der Waals surface area contributed by atoms with Crippen LogP contribution in [-0.2, 0) is 0 Å². The van der Waals surface area contributed by atoms with Crippen molar-refractivity contribution >= 4 is 28.1 Å². The first-order valence-electron chi connectivity index (χ1n) is 4.89. The van der Waals surface area contributed by atoms with Gasteiger partial charge in [0.25, 0.3) is 0 Å². The minimum absolute atomic E-state index is 0.810. The molecule has 2 heteroatoms. The number of pyridine rings is 2. The van der Waals surface area contributed by atoms with Gasteiger partial charge in [-0.3, -0.25) is 9.97 Å². The molecule has 0 saturated heterocycles. The van der Waals surface area contributed by atoms with Crippen molar-refractivity contribution in [2.75, 3.05) is 0 Å². The summed E-state index contributed by atoms with van der Waals surface area (Å²) in [5, 5.41) is 5.43. The smallest absolute Gasteiger partial charge is 0.0655 e. The van der Waals surface area contributed by atoms with E-state index in [-0.39, 0.29) is 0 Å². The maximum atomic E-state index is 4.37. The van der Waals surface area contributed by atoms with Crippen LogP contribution in [0.1, 0.15) is 5.69 Å². The molecule has 2 aromatic heterocycles. The van der Waals surface area contributed by atoms with Gasteiger partial charge >= 0.3 is 0 Å². The molecule has 3 aromatic rings. The summed E-state index contributed by atoms with van der Waals surface area (Å²) in [4.78, 5) is 8.67. The second-order valence-corrected chi connectivity index (χ2v) is 3.73. The Bertz CT molecular complexity index is 685. The highest BCUT2D eigenvalue weighted by atomic mass is 14.7. The van der Waals surface area contributed by atoms with E-state index in [0.29, 0.717) is 0 Å². The van der Waals surface area contributed by atoms with E-state index in [1.54, 1.807) is 0 Å². The number of hydrogen-bond donors (Lipinski definition) is 0.